The summed E-state index contributed by atoms with van der Waals surface area (Å²) in [5, 5.41) is 0. The number of amides is 2. The minimum atomic E-state index is -0.495. The number of benzene rings is 1. The van der Waals surface area contributed by atoms with Gasteiger partial charge in [-0.1, -0.05) is 12.1 Å². The molecule has 0 saturated carbocycles. The van der Waals surface area contributed by atoms with Crippen LogP contribution >= 0.6 is 0 Å². The van der Waals surface area contributed by atoms with E-state index in [0.29, 0.717) is 26.2 Å². The van der Waals surface area contributed by atoms with Crippen molar-refractivity contribution >= 4 is 11.8 Å². The predicted molar refractivity (Wildman–Crippen MR) is 108 cm³/mol. The molecule has 0 radical (unpaired) electrons. The molecule has 2 aromatic rings. The summed E-state index contributed by atoms with van der Waals surface area (Å²) in [6, 6.07) is 10.0. The molecule has 0 aliphatic carbocycles. The molecule has 0 unspecified atom stereocenters. The Morgan fingerprint density at radius 1 is 1.00 bits per heavy atom. The molecule has 8 heteroatoms. The molecule has 1 aromatic heterocycles. The van der Waals surface area contributed by atoms with Gasteiger partial charge in [0.05, 0.1) is 5.92 Å². The molecule has 0 spiro atoms. The lowest BCUT2D eigenvalue weighted by Gasteiger charge is -2.42. The van der Waals surface area contributed by atoms with Gasteiger partial charge in [-0.25, -0.2) is 4.39 Å². The Labute approximate surface area is 175 Å². The van der Waals surface area contributed by atoms with Gasteiger partial charge in [0.1, 0.15) is 0 Å². The molecule has 7 nitrogen and oxygen atoms in total. The molecular weight excluding hydrogens is 387 g/mol. The topological polar surface area (TPSA) is 66.0 Å². The number of rotatable bonds is 6. The first-order chi connectivity index (χ1) is 14.6. The molecular formula is C22H25FN4O3. The van der Waals surface area contributed by atoms with Crippen molar-refractivity contribution in [2.75, 3.05) is 45.9 Å². The van der Waals surface area contributed by atoms with Crippen molar-refractivity contribution in [3.05, 3.63) is 60.2 Å². The average Bonchev–Trinajstić information content (AvgIpc) is 2.73. The van der Waals surface area contributed by atoms with Crippen molar-refractivity contribution in [2.45, 2.75) is 6.54 Å². The largest absolute Gasteiger partial charge is 0.481 e. The van der Waals surface area contributed by atoms with Crippen LogP contribution in [0.2, 0.25) is 0 Å². The second-order valence-electron chi connectivity index (χ2n) is 7.67. The number of likely N-dealkylation sites (tertiary alicyclic amines) is 1. The maximum absolute atomic E-state index is 13.6. The fourth-order valence-corrected chi connectivity index (χ4v) is 3.76. The predicted octanol–water partition coefficient (Wildman–Crippen LogP) is 1.40. The van der Waals surface area contributed by atoms with E-state index < -0.39 is 5.82 Å². The second kappa shape index (κ2) is 9.21. The number of carbonyl (C=O) groups excluding carboxylic acids is 2. The van der Waals surface area contributed by atoms with E-state index in [0.717, 1.165) is 19.6 Å². The fourth-order valence-electron chi connectivity index (χ4n) is 3.76. The summed E-state index contributed by atoms with van der Waals surface area (Å²) in [7, 11) is 0. The number of para-hydroxylation sites is 1. The Morgan fingerprint density at radius 2 is 1.70 bits per heavy atom. The molecule has 1 aromatic carbocycles. The van der Waals surface area contributed by atoms with Crippen LogP contribution in [0.1, 0.15) is 5.56 Å². The Bertz CT molecular complexity index is 881. The SMILES string of the molecule is O=C(COc1ccccc1F)N1CC(C(=O)N2CCN(Cc3ccncc3)CC2)C1. The third-order valence-corrected chi connectivity index (χ3v) is 5.61. The van der Waals surface area contributed by atoms with Crippen LogP contribution < -0.4 is 4.74 Å². The van der Waals surface area contributed by atoms with Crippen LogP contribution in [0.4, 0.5) is 4.39 Å². The van der Waals surface area contributed by atoms with Gasteiger partial charge in [-0.2, -0.15) is 0 Å². The van der Waals surface area contributed by atoms with Crippen molar-refractivity contribution < 1.29 is 18.7 Å². The minimum Gasteiger partial charge on any atom is -0.481 e. The first kappa shape index (κ1) is 20.3. The van der Waals surface area contributed by atoms with E-state index in [9.17, 15) is 14.0 Å². The molecule has 158 valence electrons. The van der Waals surface area contributed by atoms with Crippen LogP contribution in [0.3, 0.4) is 0 Å². The molecule has 4 rings (SSSR count). The van der Waals surface area contributed by atoms with Crippen LogP contribution in [0.25, 0.3) is 0 Å². The molecule has 3 heterocycles. The highest BCUT2D eigenvalue weighted by Crippen LogP contribution is 2.21. The van der Waals surface area contributed by atoms with Crippen LogP contribution in [0, 0.1) is 11.7 Å². The summed E-state index contributed by atoms with van der Waals surface area (Å²) in [5.41, 5.74) is 1.22. The molecule has 2 aliphatic rings. The zero-order valence-corrected chi connectivity index (χ0v) is 16.7. The summed E-state index contributed by atoms with van der Waals surface area (Å²) in [5.74, 6) is -0.718. The lowest BCUT2D eigenvalue weighted by molar-refractivity contribution is -0.150. The summed E-state index contributed by atoms with van der Waals surface area (Å²) in [6.07, 6.45) is 3.58. The highest BCUT2D eigenvalue weighted by Gasteiger charge is 2.38. The van der Waals surface area contributed by atoms with Gasteiger partial charge in [-0.05, 0) is 29.8 Å². The zero-order chi connectivity index (χ0) is 20.9. The summed E-state index contributed by atoms with van der Waals surface area (Å²) in [4.78, 5) is 34.8. The molecule has 0 N–H and O–H groups in total. The Kier molecular flexibility index (Phi) is 6.23. The number of hydrogen-bond acceptors (Lipinski definition) is 5. The number of carbonyl (C=O) groups is 2. The van der Waals surface area contributed by atoms with Crippen molar-refractivity contribution in [1.29, 1.82) is 0 Å². The standard InChI is InChI=1S/C22H25FN4O3/c23-19-3-1-2-4-20(19)30-16-21(28)27-14-18(15-27)22(29)26-11-9-25(10-12-26)13-17-5-7-24-8-6-17/h1-8,18H,9-16H2. The minimum absolute atomic E-state index is 0.0589. The maximum Gasteiger partial charge on any atom is 0.260 e. The van der Waals surface area contributed by atoms with Crippen LogP contribution in [0.15, 0.2) is 48.8 Å². The number of piperazine rings is 1. The monoisotopic (exact) mass is 412 g/mol. The molecule has 0 bridgehead atoms. The van der Waals surface area contributed by atoms with Gasteiger partial charge in [0.15, 0.2) is 18.2 Å². The molecule has 2 saturated heterocycles. The lowest BCUT2D eigenvalue weighted by atomic mass is 9.98. The van der Waals surface area contributed by atoms with Gasteiger partial charge in [-0.15, -0.1) is 0 Å². The van der Waals surface area contributed by atoms with Gasteiger partial charge < -0.3 is 14.5 Å². The number of halogens is 1. The highest BCUT2D eigenvalue weighted by molar-refractivity contribution is 5.85. The van der Waals surface area contributed by atoms with E-state index >= 15 is 0 Å². The Morgan fingerprint density at radius 3 is 2.40 bits per heavy atom. The van der Waals surface area contributed by atoms with Crippen LogP contribution in [0.5, 0.6) is 5.75 Å². The van der Waals surface area contributed by atoms with E-state index in [1.54, 1.807) is 29.4 Å². The molecule has 30 heavy (non-hydrogen) atoms. The van der Waals surface area contributed by atoms with Crippen molar-refractivity contribution in [2.24, 2.45) is 5.92 Å². The van der Waals surface area contributed by atoms with Crippen LogP contribution in [-0.4, -0.2) is 77.4 Å². The van der Waals surface area contributed by atoms with E-state index in [-0.39, 0.29) is 30.1 Å². The third kappa shape index (κ3) is 4.76. The molecule has 0 atom stereocenters. The van der Waals surface area contributed by atoms with E-state index in [1.807, 2.05) is 17.0 Å². The fraction of sp³-hybridized carbons (Fsp3) is 0.409. The normalized spacial score (nSPS) is 17.5. The van der Waals surface area contributed by atoms with Crippen molar-refractivity contribution in [1.82, 2.24) is 19.7 Å². The number of hydrogen-bond donors (Lipinski definition) is 0. The van der Waals surface area contributed by atoms with Crippen molar-refractivity contribution in [3.63, 3.8) is 0 Å². The smallest absolute Gasteiger partial charge is 0.260 e. The number of pyridine rings is 1. The Balaban J connectivity index is 1.17. The molecule has 2 amide bonds. The number of ether oxygens (including phenoxy) is 1. The summed E-state index contributed by atoms with van der Waals surface area (Å²) < 4.78 is 18.8. The molecule has 2 fully saturated rings. The lowest BCUT2D eigenvalue weighted by Crippen LogP contribution is -2.59. The van der Waals surface area contributed by atoms with Gasteiger partial charge in [0.25, 0.3) is 5.91 Å². The average molecular weight is 412 g/mol. The second-order valence-corrected chi connectivity index (χ2v) is 7.67. The van der Waals surface area contributed by atoms with Gasteiger partial charge in [0, 0.05) is 58.2 Å². The highest BCUT2D eigenvalue weighted by atomic mass is 19.1. The van der Waals surface area contributed by atoms with E-state index in [2.05, 4.69) is 9.88 Å². The van der Waals surface area contributed by atoms with Crippen molar-refractivity contribution in [3.8, 4) is 5.75 Å². The van der Waals surface area contributed by atoms with E-state index in [4.69, 9.17) is 4.74 Å². The quantitative estimate of drug-likeness (QED) is 0.718. The van der Waals surface area contributed by atoms with Gasteiger partial charge in [-0.3, -0.25) is 19.5 Å². The first-order valence-electron chi connectivity index (χ1n) is 10.2. The Hall–Kier alpha value is -3.00. The van der Waals surface area contributed by atoms with Crippen LogP contribution in [-0.2, 0) is 16.1 Å². The molecule has 2 aliphatic heterocycles. The summed E-state index contributed by atoms with van der Waals surface area (Å²) >= 11 is 0. The summed E-state index contributed by atoms with van der Waals surface area (Å²) in [6.45, 7) is 4.49. The van der Waals surface area contributed by atoms with E-state index in [1.165, 1.54) is 17.7 Å². The third-order valence-electron chi connectivity index (χ3n) is 5.61. The van der Waals surface area contributed by atoms with Gasteiger partial charge >= 0.3 is 0 Å². The zero-order valence-electron chi connectivity index (χ0n) is 16.7. The maximum atomic E-state index is 13.6. The first-order valence-corrected chi connectivity index (χ1v) is 10.2. The number of aromatic nitrogens is 1. The number of nitrogens with zero attached hydrogens (tertiary/aromatic N) is 4. The van der Waals surface area contributed by atoms with Gasteiger partial charge in [0.2, 0.25) is 5.91 Å².